The van der Waals surface area contributed by atoms with E-state index < -0.39 is 0 Å². The van der Waals surface area contributed by atoms with E-state index in [0.717, 1.165) is 5.69 Å². The van der Waals surface area contributed by atoms with Gasteiger partial charge in [0.2, 0.25) is 0 Å². The van der Waals surface area contributed by atoms with Gasteiger partial charge in [-0.1, -0.05) is 11.6 Å². The number of aromatic nitrogens is 1. The number of nitrogens with zero attached hydrogens (tertiary/aromatic N) is 1. The summed E-state index contributed by atoms with van der Waals surface area (Å²) in [5.74, 6) is 0.617. The van der Waals surface area contributed by atoms with Crippen molar-refractivity contribution in [1.29, 1.82) is 5.41 Å². The van der Waals surface area contributed by atoms with Gasteiger partial charge in [-0.25, -0.2) is 4.98 Å². The fourth-order valence-electron chi connectivity index (χ4n) is 1.79. The molecule has 0 fully saturated rings. The van der Waals surface area contributed by atoms with Gasteiger partial charge in [0.15, 0.2) is 0 Å². The first-order valence-corrected chi connectivity index (χ1v) is 6.30. The van der Waals surface area contributed by atoms with Crippen LogP contribution in [0.3, 0.4) is 0 Å². The van der Waals surface area contributed by atoms with E-state index in [-0.39, 0.29) is 0 Å². The molecular weight excluding hydrogens is 276 g/mol. The molecule has 1 aromatic carbocycles. The monoisotopic (exact) mass is 290 g/mol. The Hall–Kier alpha value is -2.27. The van der Waals surface area contributed by atoms with Gasteiger partial charge in [-0.2, -0.15) is 0 Å². The van der Waals surface area contributed by atoms with Crippen LogP contribution in [0.5, 0.6) is 5.75 Å². The van der Waals surface area contributed by atoms with Crippen LogP contribution in [0.15, 0.2) is 30.5 Å². The predicted molar refractivity (Wildman–Crippen MR) is 82.4 cm³/mol. The van der Waals surface area contributed by atoms with Crippen LogP contribution in [-0.2, 0) is 0 Å². The van der Waals surface area contributed by atoms with Crippen LogP contribution >= 0.6 is 11.6 Å². The summed E-state index contributed by atoms with van der Waals surface area (Å²) >= 11 is 5.91. The molecule has 0 saturated heterocycles. The number of hydrogen-bond acceptors (Lipinski definition) is 5. The summed E-state index contributed by atoms with van der Waals surface area (Å²) in [5, 5.41) is 11.3. The van der Waals surface area contributed by atoms with Crippen LogP contribution in [0.2, 0.25) is 5.15 Å². The lowest BCUT2D eigenvalue weighted by atomic mass is 10.1. The Morgan fingerprint density at radius 2 is 2.10 bits per heavy atom. The highest BCUT2D eigenvalue weighted by Crippen LogP contribution is 2.31. The molecule has 1 aromatic heterocycles. The van der Waals surface area contributed by atoms with Gasteiger partial charge < -0.3 is 21.2 Å². The normalized spacial score (nSPS) is 10.2. The Morgan fingerprint density at radius 3 is 2.75 bits per heavy atom. The highest BCUT2D eigenvalue weighted by atomic mass is 35.5. The number of nitrogen functional groups attached to an aromatic ring is 1. The van der Waals surface area contributed by atoms with Crippen LogP contribution in [-0.4, -0.2) is 17.8 Å². The first kappa shape index (κ1) is 14.1. The lowest BCUT2D eigenvalue weighted by molar-refractivity contribution is 0.417. The van der Waals surface area contributed by atoms with Crippen LogP contribution in [0.4, 0.5) is 17.1 Å². The summed E-state index contributed by atoms with van der Waals surface area (Å²) in [4.78, 5) is 3.99. The van der Waals surface area contributed by atoms with Gasteiger partial charge >= 0.3 is 0 Å². The van der Waals surface area contributed by atoms with Crippen molar-refractivity contribution < 1.29 is 4.74 Å². The zero-order valence-corrected chi connectivity index (χ0v) is 12.0. The minimum atomic E-state index is 0.354. The lowest BCUT2D eigenvalue weighted by Gasteiger charge is -2.14. The Labute approximate surface area is 122 Å². The molecule has 0 spiro atoms. The molecule has 6 heteroatoms. The van der Waals surface area contributed by atoms with Gasteiger partial charge in [0.05, 0.1) is 18.5 Å². The van der Waals surface area contributed by atoms with Crippen LogP contribution in [0.1, 0.15) is 12.5 Å². The van der Waals surface area contributed by atoms with Gasteiger partial charge in [0, 0.05) is 29.2 Å². The van der Waals surface area contributed by atoms with E-state index in [4.69, 9.17) is 27.5 Å². The molecule has 2 rings (SSSR count). The van der Waals surface area contributed by atoms with Crippen molar-refractivity contribution in [2.75, 3.05) is 18.2 Å². The molecule has 2 aromatic rings. The maximum absolute atomic E-state index is 7.77. The van der Waals surface area contributed by atoms with Crippen molar-refractivity contribution in [2.24, 2.45) is 0 Å². The van der Waals surface area contributed by atoms with Gasteiger partial charge in [0.1, 0.15) is 10.9 Å². The smallest absolute Gasteiger partial charge is 0.144 e. The Balaban J connectivity index is 2.44. The third-order valence-electron chi connectivity index (χ3n) is 2.77. The molecule has 0 unspecified atom stereocenters. The van der Waals surface area contributed by atoms with Gasteiger partial charge in [0.25, 0.3) is 0 Å². The highest BCUT2D eigenvalue weighted by Gasteiger charge is 2.10. The summed E-state index contributed by atoms with van der Waals surface area (Å²) in [6.45, 7) is 1.69. The molecule has 5 nitrogen and oxygen atoms in total. The summed E-state index contributed by atoms with van der Waals surface area (Å²) in [5.41, 5.74) is 8.85. The maximum Gasteiger partial charge on any atom is 0.144 e. The van der Waals surface area contributed by atoms with E-state index in [1.807, 2.05) is 6.07 Å². The number of ether oxygens (including phenoxy) is 1. The fraction of sp³-hybridized carbons (Fsp3) is 0.143. The minimum Gasteiger partial charge on any atom is -0.494 e. The van der Waals surface area contributed by atoms with Crippen LogP contribution in [0.25, 0.3) is 0 Å². The molecule has 0 saturated carbocycles. The van der Waals surface area contributed by atoms with E-state index in [1.165, 1.54) is 0 Å². The lowest BCUT2D eigenvalue weighted by Crippen LogP contribution is -2.03. The first-order chi connectivity index (χ1) is 9.51. The second kappa shape index (κ2) is 5.79. The van der Waals surface area contributed by atoms with Crippen molar-refractivity contribution in [2.45, 2.75) is 6.92 Å². The quantitative estimate of drug-likeness (QED) is 0.457. The minimum absolute atomic E-state index is 0.354. The second-order valence-corrected chi connectivity index (χ2v) is 4.65. The van der Waals surface area contributed by atoms with E-state index >= 15 is 0 Å². The average Bonchev–Trinajstić information content (AvgIpc) is 2.40. The summed E-state index contributed by atoms with van der Waals surface area (Å²) in [7, 11) is 1.57. The summed E-state index contributed by atoms with van der Waals surface area (Å²) in [6, 6.07) is 6.98. The summed E-state index contributed by atoms with van der Waals surface area (Å²) < 4.78 is 5.28. The number of nitrogens with one attached hydrogen (secondary N) is 2. The maximum atomic E-state index is 7.77. The largest absolute Gasteiger partial charge is 0.494 e. The molecule has 0 radical (unpaired) electrons. The van der Waals surface area contributed by atoms with Gasteiger partial charge in [-0.15, -0.1) is 0 Å². The van der Waals surface area contributed by atoms with E-state index in [9.17, 15) is 0 Å². The molecule has 0 aliphatic carbocycles. The molecule has 0 amide bonds. The zero-order chi connectivity index (χ0) is 14.7. The molecule has 0 bridgehead atoms. The number of halogens is 1. The Morgan fingerprint density at radius 1 is 1.35 bits per heavy atom. The van der Waals surface area contributed by atoms with Crippen molar-refractivity contribution in [3.63, 3.8) is 0 Å². The number of pyridine rings is 1. The van der Waals surface area contributed by atoms with Crippen LogP contribution < -0.4 is 15.8 Å². The van der Waals surface area contributed by atoms with E-state index in [2.05, 4.69) is 10.3 Å². The van der Waals surface area contributed by atoms with Crippen molar-refractivity contribution in [3.8, 4) is 5.75 Å². The Bertz CT molecular complexity index is 658. The molecule has 4 N–H and O–H groups in total. The standard InChI is InChI=1S/C14H15ClN4O/c1-8(16)10-7-18-14(15)6-12(10)19-11-4-3-9(17)5-13(11)20-2/h3-7,16H,17H2,1-2H3,(H,18,19). The molecule has 0 aliphatic rings. The number of methoxy groups -OCH3 is 1. The molecule has 0 atom stereocenters. The zero-order valence-electron chi connectivity index (χ0n) is 11.2. The number of hydrogen-bond donors (Lipinski definition) is 3. The Kier molecular flexibility index (Phi) is 4.10. The number of rotatable bonds is 4. The van der Waals surface area contributed by atoms with E-state index in [0.29, 0.717) is 33.6 Å². The predicted octanol–water partition coefficient (Wildman–Crippen LogP) is 3.46. The summed E-state index contributed by atoms with van der Waals surface area (Å²) in [6.07, 6.45) is 1.57. The second-order valence-electron chi connectivity index (χ2n) is 4.26. The fourth-order valence-corrected chi connectivity index (χ4v) is 1.95. The highest BCUT2D eigenvalue weighted by molar-refractivity contribution is 6.29. The third kappa shape index (κ3) is 3.00. The van der Waals surface area contributed by atoms with Crippen molar-refractivity contribution in [1.82, 2.24) is 4.98 Å². The van der Waals surface area contributed by atoms with E-state index in [1.54, 1.807) is 38.4 Å². The van der Waals surface area contributed by atoms with Crippen LogP contribution in [0, 0.1) is 5.41 Å². The van der Waals surface area contributed by atoms with Gasteiger partial charge in [-0.05, 0) is 25.1 Å². The average molecular weight is 291 g/mol. The molecule has 1 heterocycles. The van der Waals surface area contributed by atoms with Crippen molar-refractivity contribution in [3.05, 3.63) is 41.2 Å². The topological polar surface area (TPSA) is 84.0 Å². The molecule has 104 valence electrons. The van der Waals surface area contributed by atoms with Crippen molar-refractivity contribution >= 4 is 34.4 Å². The molecular formula is C14H15ClN4O. The van der Waals surface area contributed by atoms with Gasteiger partial charge in [-0.3, -0.25) is 0 Å². The number of anilines is 3. The first-order valence-electron chi connectivity index (χ1n) is 5.93. The number of nitrogens with two attached hydrogens (primary N) is 1. The SMILES string of the molecule is COc1cc(N)ccc1Nc1cc(Cl)ncc1C(C)=N. The number of benzene rings is 1. The third-order valence-corrected chi connectivity index (χ3v) is 2.98. The molecule has 0 aliphatic heterocycles. The molecule has 20 heavy (non-hydrogen) atoms.